The molecule has 2 aromatic rings. The van der Waals surface area contributed by atoms with Crippen LogP contribution in [0.15, 0.2) is 48.5 Å². The second kappa shape index (κ2) is 9.30. The number of carboxylic acid groups (broad SMARTS) is 1. The first-order valence-electron chi connectivity index (χ1n) is 10.8. The second-order valence-corrected chi connectivity index (χ2v) is 8.17. The number of benzene rings is 2. The quantitative estimate of drug-likeness (QED) is 0.781. The lowest BCUT2D eigenvalue weighted by atomic mass is 9.94. The van der Waals surface area contributed by atoms with E-state index in [4.69, 9.17) is 0 Å². The Labute approximate surface area is 177 Å². The SMILES string of the molecule is O=C(O)c1ccc(N2CCN(C3CCCCC3)CC2)c(NC(=O)c2ccccc2)c1. The average molecular weight is 408 g/mol. The zero-order chi connectivity index (χ0) is 20.9. The smallest absolute Gasteiger partial charge is 0.335 e. The first kappa shape index (κ1) is 20.4. The van der Waals surface area contributed by atoms with Gasteiger partial charge >= 0.3 is 5.97 Å². The molecule has 4 rings (SSSR count). The Morgan fingerprint density at radius 1 is 0.867 bits per heavy atom. The van der Waals surface area contributed by atoms with E-state index in [2.05, 4.69) is 15.1 Å². The van der Waals surface area contributed by atoms with Crippen molar-refractivity contribution >= 4 is 23.3 Å². The van der Waals surface area contributed by atoms with Crippen LogP contribution in [0.25, 0.3) is 0 Å². The van der Waals surface area contributed by atoms with Crippen molar-refractivity contribution in [2.45, 2.75) is 38.1 Å². The monoisotopic (exact) mass is 407 g/mol. The van der Waals surface area contributed by atoms with Gasteiger partial charge in [-0.2, -0.15) is 0 Å². The summed E-state index contributed by atoms with van der Waals surface area (Å²) >= 11 is 0. The van der Waals surface area contributed by atoms with Crippen LogP contribution in [0, 0.1) is 0 Å². The van der Waals surface area contributed by atoms with Gasteiger partial charge in [-0.1, -0.05) is 37.5 Å². The number of aromatic carboxylic acids is 1. The topological polar surface area (TPSA) is 72.9 Å². The molecule has 0 spiro atoms. The summed E-state index contributed by atoms with van der Waals surface area (Å²) in [6, 6.07) is 14.7. The minimum Gasteiger partial charge on any atom is -0.478 e. The Morgan fingerprint density at radius 3 is 2.23 bits per heavy atom. The lowest BCUT2D eigenvalue weighted by Crippen LogP contribution is -2.51. The van der Waals surface area contributed by atoms with Gasteiger partial charge in [-0.3, -0.25) is 9.69 Å². The molecule has 30 heavy (non-hydrogen) atoms. The van der Waals surface area contributed by atoms with Crippen molar-refractivity contribution in [3.63, 3.8) is 0 Å². The molecule has 0 radical (unpaired) electrons. The van der Waals surface area contributed by atoms with E-state index in [9.17, 15) is 14.7 Å². The normalized spacial score (nSPS) is 18.2. The molecule has 2 aromatic carbocycles. The van der Waals surface area contributed by atoms with Crippen molar-refractivity contribution in [1.29, 1.82) is 0 Å². The summed E-state index contributed by atoms with van der Waals surface area (Å²) in [6.07, 6.45) is 6.61. The Hall–Kier alpha value is -2.86. The number of rotatable bonds is 5. The summed E-state index contributed by atoms with van der Waals surface area (Å²) in [5, 5.41) is 12.3. The van der Waals surface area contributed by atoms with Gasteiger partial charge in [0.25, 0.3) is 5.91 Å². The number of hydrogen-bond acceptors (Lipinski definition) is 4. The molecular formula is C24H29N3O3. The molecule has 1 heterocycles. The molecule has 6 heteroatoms. The van der Waals surface area contributed by atoms with E-state index in [0.717, 1.165) is 31.9 Å². The van der Waals surface area contributed by atoms with Gasteiger partial charge in [-0.05, 0) is 43.2 Å². The molecule has 6 nitrogen and oxygen atoms in total. The molecule has 1 aliphatic carbocycles. The van der Waals surface area contributed by atoms with E-state index in [1.807, 2.05) is 24.3 Å². The summed E-state index contributed by atoms with van der Waals surface area (Å²) in [4.78, 5) is 29.0. The Bertz CT molecular complexity index is 886. The summed E-state index contributed by atoms with van der Waals surface area (Å²) in [7, 11) is 0. The van der Waals surface area contributed by atoms with Gasteiger partial charge in [0.1, 0.15) is 0 Å². The number of carbonyl (C=O) groups excluding carboxylic acids is 1. The number of carboxylic acids is 1. The highest BCUT2D eigenvalue weighted by Gasteiger charge is 2.26. The average Bonchev–Trinajstić information content (AvgIpc) is 2.80. The number of amides is 1. The first-order valence-corrected chi connectivity index (χ1v) is 10.8. The lowest BCUT2D eigenvalue weighted by molar-refractivity contribution is 0.0696. The van der Waals surface area contributed by atoms with Crippen LogP contribution in [0.3, 0.4) is 0 Å². The van der Waals surface area contributed by atoms with Crippen molar-refractivity contribution in [3.05, 3.63) is 59.7 Å². The maximum atomic E-state index is 12.7. The van der Waals surface area contributed by atoms with E-state index in [0.29, 0.717) is 17.3 Å². The first-order chi connectivity index (χ1) is 14.6. The predicted octanol–water partition coefficient (Wildman–Crippen LogP) is 4.09. The van der Waals surface area contributed by atoms with E-state index < -0.39 is 5.97 Å². The number of nitrogens with zero attached hydrogens (tertiary/aromatic N) is 2. The fourth-order valence-corrected chi connectivity index (χ4v) is 4.60. The third-order valence-corrected chi connectivity index (χ3v) is 6.27. The van der Waals surface area contributed by atoms with Gasteiger partial charge in [-0.15, -0.1) is 0 Å². The van der Waals surface area contributed by atoms with Crippen LogP contribution >= 0.6 is 0 Å². The highest BCUT2D eigenvalue weighted by atomic mass is 16.4. The molecule has 2 aliphatic rings. The highest BCUT2D eigenvalue weighted by molar-refractivity contribution is 6.06. The molecule has 0 aromatic heterocycles. The van der Waals surface area contributed by atoms with Gasteiger partial charge in [0.2, 0.25) is 0 Å². The van der Waals surface area contributed by atoms with Crippen LogP contribution in [-0.2, 0) is 0 Å². The standard InChI is InChI=1S/C24H29N3O3/c28-23(18-7-3-1-4-8-18)25-21-17-19(24(29)30)11-12-22(21)27-15-13-26(14-16-27)20-9-5-2-6-10-20/h1,3-4,7-8,11-12,17,20H,2,5-6,9-10,13-16H2,(H,25,28)(H,29,30). The summed E-state index contributed by atoms with van der Waals surface area (Å²) in [5.41, 5.74) is 2.15. The number of piperazine rings is 1. The fourth-order valence-electron chi connectivity index (χ4n) is 4.60. The fraction of sp³-hybridized carbons (Fsp3) is 0.417. The van der Waals surface area contributed by atoms with Crippen molar-refractivity contribution in [2.75, 3.05) is 36.4 Å². The van der Waals surface area contributed by atoms with Gasteiger partial charge in [0.15, 0.2) is 0 Å². The molecule has 2 N–H and O–H groups in total. The molecule has 1 saturated heterocycles. The van der Waals surface area contributed by atoms with E-state index >= 15 is 0 Å². The van der Waals surface area contributed by atoms with Gasteiger partial charge < -0.3 is 15.3 Å². The van der Waals surface area contributed by atoms with Crippen LogP contribution in [0.4, 0.5) is 11.4 Å². The highest BCUT2D eigenvalue weighted by Crippen LogP contribution is 2.30. The van der Waals surface area contributed by atoms with Crippen LogP contribution < -0.4 is 10.2 Å². The summed E-state index contributed by atoms with van der Waals surface area (Å²) in [6.45, 7) is 3.74. The van der Waals surface area contributed by atoms with Crippen molar-refractivity contribution in [3.8, 4) is 0 Å². The van der Waals surface area contributed by atoms with E-state index in [1.165, 1.54) is 32.1 Å². The van der Waals surface area contributed by atoms with E-state index in [1.54, 1.807) is 24.3 Å². The minimum atomic E-state index is -1.00. The van der Waals surface area contributed by atoms with Crippen molar-refractivity contribution < 1.29 is 14.7 Å². The van der Waals surface area contributed by atoms with Gasteiger partial charge in [-0.25, -0.2) is 4.79 Å². The third-order valence-electron chi connectivity index (χ3n) is 6.27. The predicted molar refractivity (Wildman–Crippen MR) is 118 cm³/mol. The van der Waals surface area contributed by atoms with Crippen molar-refractivity contribution in [1.82, 2.24) is 4.90 Å². The molecule has 0 atom stereocenters. The van der Waals surface area contributed by atoms with Gasteiger partial charge in [0.05, 0.1) is 16.9 Å². The van der Waals surface area contributed by atoms with Gasteiger partial charge in [0, 0.05) is 37.8 Å². The minimum absolute atomic E-state index is 0.169. The summed E-state index contributed by atoms with van der Waals surface area (Å²) < 4.78 is 0. The molecule has 0 bridgehead atoms. The molecule has 1 saturated carbocycles. The molecule has 0 unspecified atom stereocenters. The Morgan fingerprint density at radius 2 is 1.57 bits per heavy atom. The second-order valence-electron chi connectivity index (χ2n) is 8.17. The molecule has 158 valence electrons. The number of nitrogens with one attached hydrogen (secondary N) is 1. The van der Waals surface area contributed by atoms with E-state index in [-0.39, 0.29) is 11.5 Å². The maximum Gasteiger partial charge on any atom is 0.335 e. The molecular weight excluding hydrogens is 378 g/mol. The number of hydrogen-bond donors (Lipinski definition) is 2. The zero-order valence-corrected chi connectivity index (χ0v) is 17.2. The summed E-state index contributed by atoms with van der Waals surface area (Å²) in [5.74, 6) is -1.24. The van der Waals surface area contributed by atoms with Crippen LogP contribution in [-0.4, -0.2) is 54.1 Å². The van der Waals surface area contributed by atoms with Crippen LogP contribution in [0.2, 0.25) is 0 Å². The Kier molecular flexibility index (Phi) is 6.33. The maximum absolute atomic E-state index is 12.7. The largest absolute Gasteiger partial charge is 0.478 e. The molecule has 2 fully saturated rings. The van der Waals surface area contributed by atoms with Crippen LogP contribution in [0.5, 0.6) is 0 Å². The number of anilines is 2. The number of carbonyl (C=O) groups is 2. The van der Waals surface area contributed by atoms with Crippen LogP contribution in [0.1, 0.15) is 52.8 Å². The third kappa shape index (κ3) is 4.65. The Balaban J connectivity index is 1.51. The molecule has 1 amide bonds. The molecule has 1 aliphatic heterocycles. The zero-order valence-electron chi connectivity index (χ0n) is 17.2. The van der Waals surface area contributed by atoms with Crippen molar-refractivity contribution in [2.24, 2.45) is 0 Å². The lowest BCUT2D eigenvalue weighted by Gasteiger charge is -2.42.